The Kier molecular flexibility index (Phi) is 5.34. The predicted octanol–water partition coefficient (Wildman–Crippen LogP) is 1.53. The number of rotatable bonds is 5. The minimum atomic E-state index is -3.39. The number of hydrogen-bond acceptors (Lipinski definition) is 4. The molecule has 1 aliphatic carbocycles. The van der Waals surface area contributed by atoms with Gasteiger partial charge in [-0.2, -0.15) is 5.26 Å². The molecule has 6 heteroatoms. The quantitative estimate of drug-likeness (QED) is 0.863. The van der Waals surface area contributed by atoms with Gasteiger partial charge in [0.05, 0.1) is 23.5 Å². The maximum absolute atomic E-state index is 12.1. The summed E-state index contributed by atoms with van der Waals surface area (Å²) >= 11 is 0. The Hall–Kier alpha value is -1.42. The van der Waals surface area contributed by atoms with Gasteiger partial charge in [-0.1, -0.05) is 12.1 Å². The molecule has 1 aliphatic rings. The van der Waals surface area contributed by atoms with Gasteiger partial charge in [0, 0.05) is 6.54 Å². The van der Waals surface area contributed by atoms with Gasteiger partial charge < -0.3 is 5.11 Å². The van der Waals surface area contributed by atoms with Gasteiger partial charge in [-0.25, -0.2) is 13.1 Å². The summed E-state index contributed by atoms with van der Waals surface area (Å²) < 4.78 is 26.8. The summed E-state index contributed by atoms with van der Waals surface area (Å²) in [7, 11) is -3.39. The SMILES string of the molecule is N#Cc1cccc(CS(=O)(=O)NCC2CCC(O)CC2)c1. The second kappa shape index (κ2) is 7.03. The minimum Gasteiger partial charge on any atom is -0.393 e. The Labute approximate surface area is 125 Å². The molecule has 1 saturated carbocycles. The number of aliphatic hydroxyl groups excluding tert-OH is 1. The van der Waals surface area contributed by atoms with Crippen LogP contribution in [-0.2, 0) is 15.8 Å². The van der Waals surface area contributed by atoms with Crippen molar-refractivity contribution in [1.29, 1.82) is 5.26 Å². The van der Waals surface area contributed by atoms with E-state index in [1.54, 1.807) is 24.3 Å². The Morgan fingerprint density at radius 1 is 1.29 bits per heavy atom. The Morgan fingerprint density at radius 2 is 2.00 bits per heavy atom. The average Bonchev–Trinajstić information content (AvgIpc) is 2.46. The van der Waals surface area contributed by atoms with Crippen LogP contribution in [0.1, 0.15) is 36.8 Å². The van der Waals surface area contributed by atoms with Crippen LogP contribution < -0.4 is 4.72 Å². The molecule has 0 atom stereocenters. The largest absolute Gasteiger partial charge is 0.393 e. The lowest BCUT2D eigenvalue weighted by Crippen LogP contribution is -2.32. The number of aliphatic hydroxyl groups is 1. The van der Waals surface area contributed by atoms with Crippen molar-refractivity contribution in [2.24, 2.45) is 5.92 Å². The number of nitrogens with one attached hydrogen (secondary N) is 1. The summed E-state index contributed by atoms with van der Waals surface area (Å²) in [6.45, 7) is 0.424. The maximum Gasteiger partial charge on any atom is 0.215 e. The molecule has 0 bridgehead atoms. The fourth-order valence-corrected chi connectivity index (χ4v) is 3.80. The lowest BCUT2D eigenvalue weighted by molar-refractivity contribution is 0.109. The van der Waals surface area contributed by atoms with Gasteiger partial charge >= 0.3 is 0 Å². The van der Waals surface area contributed by atoms with E-state index in [4.69, 9.17) is 5.26 Å². The molecule has 0 unspecified atom stereocenters. The van der Waals surface area contributed by atoms with E-state index in [0.717, 1.165) is 25.7 Å². The van der Waals surface area contributed by atoms with Gasteiger partial charge in [-0.05, 0) is 49.3 Å². The van der Waals surface area contributed by atoms with E-state index >= 15 is 0 Å². The van der Waals surface area contributed by atoms with Gasteiger partial charge in [0.15, 0.2) is 0 Å². The van der Waals surface area contributed by atoms with Crippen LogP contribution in [0.5, 0.6) is 0 Å². The normalized spacial score (nSPS) is 22.7. The summed E-state index contributed by atoms with van der Waals surface area (Å²) in [5.74, 6) is 0.186. The molecule has 5 nitrogen and oxygen atoms in total. The standard InChI is InChI=1S/C15H20N2O3S/c16-9-13-2-1-3-14(8-13)11-21(19,20)17-10-12-4-6-15(18)7-5-12/h1-3,8,12,15,17-18H,4-7,10-11H2. The summed E-state index contributed by atoms with van der Waals surface area (Å²) in [5.41, 5.74) is 1.07. The fraction of sp³-hybridized carbons (Fsp3) is 0.533. The van der Waals surface area contributed by atoms with E-state index in [0.29, 0.717) is 23.6 Å². The van der Waals surface area contributed by atoms with Crippen LogP contribution in [0.3, 0.4) is 0 Å². The first-order chi connectivity index (χ1) is 9.98. The lowest BCUT2D eigenvalue weighted by atomic mass is 9.88. The molecule has 0 aromatic heterocycles. The topological polar surface area (TPSA) is 90.2 Å². The highest BCUT2D eigenvalue weighted by Crippen LogP contribution is 2.23. The molecular weight excluding hydrogens is 288 g/mol. The van der Waals surface area contributed by atoms with Gasteiger partial charge in [0.25, 0.3) is 0 Å². The average molecular weight is 308 g/mol. The van der Waals surface area contributed by atoms with E-state index in [1.807, 2.05) is 6.07 Å². The molecule has 1 aromatic rings. The molecule has 0 radical (unpaired) electrons. The molecule has 1 fully saturated rings. The first-order valence-electron chi connectivity index (χ1n) is 7.13. The van der Waals surface area contributed by atoms with Crippen molar-refractivity contribution >= 4 is 10.0 Å². The third-order valence-corrected chi connectivity index (χ3v) is 5.14. The highest BCUT2D eigenvalue weighted by atomic mass is 32.2. The van der Waals surface area contributed by atoms with Gasteiger partial charge in [-0.15, -0.1) is 0 Å². The first kappa shape index (κ1) is 16.0. The Balaban J connectivity index is 1.88. The van der Waals surface area contributed by atoms with Crippen molar-refractivity contribution in [2.45, 2.75) is 37.5 Å². The van der Waals surface area contributed by atoms with Crippen LogP contribution in [0.25, 0.3) is 0 Å². The van der Waals surface area contributed by atoms with E-state index in [1.165, 1.54) is 0 Å². The highest BCUT2D eigenvalue weighted by Gasteiger charge is 2.21. The van der Waals surface area contributed by atoms with Crippen molar-refractivity contribution in [3.05, 3.63) is 35.4 Å². The van der Waals surface area contributed by atoms with Crippen molar-refractivity contribution in [3.8, 4) is 6.07 Å². The third kappa shape index (κ3) is 5.12. The zero-order valence-electron chi connectivity index (χ0n) is 11.8. The monoisotopic (exact) mass is 308 g/mol. The number of nitrogens with zero attached hydrogens (tertiary/aromatic N) is 1. The molecule has 21 heavy (non-hydrogen) atoms. The van der Waals surface area contributed by atoms with Crippen molar-refractivity contribution in [2.75, 3.05) is 6.54 Å². The minimum absolute atomic E-state index is 0.113. The zero-order valence-corrected chi connectivity index (χ0v) is 12.6. The highest BCUT2D eigenvalue weighted by molar-refractivity contribution is 7.88. The molecule has 0 spiro atoms. The van der Waals surface area contributed by atoms with Gasteiger partial charge in [0.1, 0.15) is 0 Å². The molecule has 0 aliphatic heterocycles. The molecule has 0 heterocycles. The lowest BCUT2D eigenvalue weighted by Gasteiger charge is -2.25. The van der Waals surface area contributed by atoms with E-state index in [9.17, 15) is 13.5 Å². The summed E-state index contributed by atoms with van der Waals surface area (Å²) in [6.07, 6.45) is 2.97. The van der Waals surface area contributed by atoms with E-state index in [-0.39, 0.29) is 11.9 Å². The molecule has 1 aromatic carbocycles. The summed E-state index contributed by atoms with van der Waals surface area (Å²) in [5, 5.41) is 18.3. The van der Waals surface area contributed by atoms with Gasteiger partial charge in [-0.3, -0.25) is 0 Å². The second-order valence-corrected chi connectivity index (χ2v) is 7.40. The molecule has 2 N–H and O–H groups in total. The number of benzene rings is 1. The molecule has 2 rings (SSSR count). The molecule has 0 amide bonds. The number of hydrogen-bond donors (Lipinski definition) is 2. The summed E-state index contributed by atoms with van der Waals surface area (Å²) in [4.78, 5) is 0. The van der Waals surface area contributed by atoms with Crippen LogP contribution in [0.2, 0.25) is 0 Å². The zero-order chi connectivity index (χ0) is 15.3. The smallest absolute Gasteiger partial charge is 0.215 e. The second-order valence-electron chi connectivity index (χ2n) is 5.59. The molecule has 0 saturated heterocycles. The molecule has 114 valence electrons. The Bertz CT molecular complexity index is 614. The van der Waals surface area contributed by atoms with Crippen LogP contribution in [0.4, 0.5) is 0 Å². The maximum atomic E-state index is 12.1. The first-order valence-corrected chi connectivity index (χ1v) is 8.78. The Morgan fingerprint density at radius 3 is 2.67 bits per heavy atom. The summed E-state index contributed by atoms with van der Waals surface area (Å²) in [6, 6.07) is 8.64. The number of nitriles is 1. The van der Waals surface area contributed by atoms with Gasteiger partial charge in [0.2, 0.25) is 10.0 Å². The van der Waals surface area contributed by atoms with Crippen molar-refractivity contribution in [1.82, 2.24) is 4.72 Å². The fourth-order valence-electron chi connectivity index (χ4n) is 2.59. The predicted molar refractivity (Wildman–Crippen MR) is 79.7 cm³/mol. The van der Waals surface area contributed by atoms with Crippen LogP contribution in [0.15, 0.2) is 24.3 Å². The van der Waals surface area contributed by atoms with E-state index in [2.05, 4.69) is 4.72 Å². The van der Waals surface area contributed by atoms with Crippen LogP contribution in [0, 0.1) is 17.2 Å². The van der Waals surface area contributed by atoms with Crippen molar-refractivity contribution < 1.29 is 13.5 Å². The third-order valence-electron chi connectivity index (χ3n) is 3.82. The van der Waals surface area contributed by atoms with Crippen LogP contribution >= 0.6 is 0 Å². The van der Waals surface area contributed by atoms with Crippen LogP contribution in [-0.4, -0.2) is 26.2 Å². The van der Waals surface area contributed by atoms with E-state index < -0.39 is 10.0 Å². The molecular formula is C15H20N2O3S. The van der Waals surface area contributed by atoms with Crippen molar-refractivity contribution in [3.63, 3.8) is 0 Å². The number of sulfonamides is 1.